The van der Waals surface area contributed by atoms with Crippen molar-refractivity contribution in [3.8, 4) is 5.88 Å². The summed E-state index contributed by atoms with van der Waals surface area (Å²) < 4.78 is 5.62. The van der Waals surface area contributed by atoms with Crippen LogP contribution in [0.1, 0.15) is 39.5 Å². The average molecular weight is 328 g/mol. The summed E-state index contributed by atoms with van der Waals surface area (Å²) in [6, 6.07) is 0.598. The van der Waals surface area contributed by atoms with E-state index in [0.717, 1.165) is 17.7 Å². The second kappa shape index (κ2) is 7.08. The molecule has 1 aromatic heterocycles. The van der Waals surface area contributed by atoms with E-state index in [0.29, 0.717) is 11.9 Å². The second-order valence-electron chi connectivity index (χ2n) is 5.20. The normalized spacial score (nSPS) is 19.2. The molecule has 1 aliphatic rings. The van der Waals surface area contributed by atoms with Gasteiger partial charge in [-0.2, -0.15) is 4.98 Å². The molecular weight excluding hydrogens is 306 g/mol. The highest BCUT2D eigenvalue weighted by molar-refractivity contribution is 9.09. The van der Waals surface area contributed by atoms with Crippen molar-refractivity contribution in [1.29, 1.82) is 0 Å². The van der Waals surface area contributed by atoms with Crippen molar-refractivity contribution in [2.75, 3.05) is 16.8 Å². The minimum absolute atomic E-state index is 0.132. The molecule has 1 unspecified atom stereocenters. The van der Waals surface area contributed by atoms with Crippen molar-refractivity contribution >= 4 is 21.7 Å². The molecule has 0 spiro atoms. The quantitative estimate of drug-likeness (QED) is 0.750. The van der Waals surface area contributed by atoms with E-state index in [4.69, 9.17) is 4.74 Å². The lowest BCUT2D eigenvalue weighted by Gasteiger charge is -2.25. The van der Waals surface area contributed by atoms with Crippen LogP contribution in [0.15, 0.2) is 12.4 Å². The summed E-state index contributed by atoms with van der Waals surface area (Å²) in [4.78, 5) is 11.2. The second-order valence-corrected chi connectivity index (χ2v) is 6.00. The van der Waals surface area contributed by atoms with Gasteiger partial charge in [-0.05, 0) is 39.5 Å². The van der Waals surface area contributed by atoms with Gasteiger partial charge in [-0.3, -0.25) is 4.98 Å². The van der Waals surface area contributed by atoms with Gasteiger partial charge in [0.15, 0.2) is 5.82 Å². The molecule has 1 atom stereocenters. The fourth-order valence-corrected chi connectivity index (χ4v) is 2.85. The Balaban J connectivity index is 2.07. The predicted octanol–water partition coefficient (Wildman–Crippen LogP) is 3.41. The summed E-state index contributed by atoms with van der Waals surface area (Å²) in [7, 11) is 0. The van der Waals surface area contributed by atoms with Gasteiger partial charge >= 0.3 is 0 Å². The molecule has 19 heavy (non-hydrogen) atoms. The van der Waals surface area contributed by atoms with Crippen LogP contribution in [0.25, 0.3) is 0 Å². The lowest BCUT2D eigenvalue weighted by molar-refractivity contribution is 0.231. The first-order valence-electron chi connectivity index (χ1n) is 7.02. The van der Waals surface area contributed by atoms with E-state index in [1.807, 2.05) is 20.0 Å². The zero-order chi connectivity index (χ0) is 13.7. The van der Waals surface area contributed by atoms with Crippen LogP contribution in [-0.2, 0) is 0 Å². The summed E-state index contributed by atoms with van der Waals surface area (Å²) in [6.07, 6.45) is 8.58. The van der Waals surface area contributed by atoms with Gasteiger partial charge in [-0.15, -0.1) is 0 Å². The maximum atomic E-state index is 5.62. The highest BCUT2D eigenvalue weighted by atomic mass is 79.9. The Bertz CT molecular complexity index is 400. The third-order valence-electron chi connectivity index (χ3n) is 3.30. The summed E-state index contributed by atoms with van der Waals surface area (Å²) in [6.45, 7) is 5.08. The maximum Gasteiger partial charge on any atom is 0.234 e. The van der Waals surface area contributed by atoms with Gasteiger partial charge in [-0.25, -0.2) is 0 Å². The molecule has 2 heterocycles. The Labute approximate surface area is 123 Å². The largest absolute Gasteiger partial charge is 0.474 e. The number of aromatic nitrogens is 2. The number of hydrogen-bond donors (Lipinski definition) is 0. The number of nitrogens with zero attached hydrogens (tertiary/aromatic N) is 3. The molecule has 1 aromatic rings. The molecule has 5 heteroatoms. The van der Waals surface area contributed by atoms with Crippen molar-refractivity contribution in [1.82, 2.24) is 9.97 Å². The summed E-state index contributed by atoms with van der Waals surface area (Å²) >= 11 is 3.51. The van der Waals surface area contributed by atoms with Crippen LogP contribution in [0.3, 0.4) is 0 Å². The van der Waals surface area contributed by atoms with Crippen LogP contribution in [0.4, 0.5) is 5.82 Å². The molecule has 2 rings (SSSR count). The van der Waals surface area contributed by atoms with Gasteiger partial charge in [0.25, 0.3) is 0 Å². The Kier molecular flexibility index (Phi) is 5.43. The van der Waals surface area contributed by atoms with Crippen LogP contribution < -0.4 is 9.64 Å². The van der Waals surface area contributed by atoms with Crippen molar-refractivity contribution in [3.63, 3.8) is 0 Å². The van der Waals surface area contributed by atoms with E-state index >= 15 is 0 Å². The lowest BCUT2D eigenvalue weighted by Crippen LogP contribution is -2.30. The zero-order valence-electron chi connectivity index (χ0n) is 11.7. The van der Waals surface area contributed by atoms with Crippen molar-refractivity contribution in [2.45, 2.75) is 51.7 Å². The summed E-state index contributed by atoms with van der Waals surface area (Å²) in [5, 5.41) is 1.07. The molecule has 0 aromatic carbocycles. The first-order chi connectivity index (χ1) is 9.20. The van der Waals surface area contributed by atoms with Crippen LogP contribution in [0.5, 0.6) is 5.88 Å². The highest BCUT2D eigenvalue weighted by Gasteiger charge is 2.25. The van der Waals surface area contributed by atoms with Crippen LogP contribution in [0.2, 0.25) is 0 Å². The molecule has 0 radical (unpaired) electrons. The van der Waals surface area contributed by atoms with Crippen LogP contribution >= 0.6 is 15.9 Å². The van der Waals surface area contributed by atoms with E-state index in [1.54, 1.807) is 6.20 Å². The number of hydrogen-bond acceptors (Lipinski definition) is 4. The predicted molar refractivity (Wildman–Crippen MR) is 81.2 cm³/mol. The Hall–Kier alpha value is -0.840. The number of anilines is 1. The minimum atomic E-state index is 0.132. The number of halogens is 1. The van der Waals surface area contributed by atoms with Crippen molar-refractivity contribution in [2.24, 2.45) is 0 Å². The standard InChI is InChI=1S/C14H22BrN3O/c1-11(2)19-14-10-16-9-13(17-14)18-8-4-6-12(18)5-3-7-15/h9-12H,3-8H2,1-2H3. The molecule has 0 saturated carbocycles. The van der Waals surface area contributed by atoms with E-state index in [9.17, 15) is 0 Å². The average Bonchev–Trinajstić information content (AvgIpc) is 2.84. The smallest absolute Gasteiger partial charge is 0.234 e. The number of alkyl halides is 1. The lowest BCUT2D eigenvalue weighted by atomic mass is 10.1. The third kappa shape index (κ3) is 4.06. The monoisotopic (exact) mass is 327 g/mol. The van der Waals surface area contributed by atoms with Crippen LogP contribution in [0, 0.1) is 0 Å². The Morgan fingerprint density at radius 2 is 2.32 bits per heavy atom. The van der Waals surface area contributed by atoms with E-state index in [-0.39, 0.29) is 6.10 Å². The zero-order valence-corrected chi connectivity index (χ0v) is 13.3. The first-order valence-corrected chi connectivity index (χ1v) is 8.14. The molecule has 1 saturated heterocycles. The van der Waals surface area contributed by atoms with Gasteiger partial charge in [-0.1, -0.05) is 15.9 Å². The fraction of sp³-hybridized carbons (Fsp3) is 0.714. The van der Waals surface area contributed by atoms with E-state index in [2.05, 4.69) is 30.8 Å². The molecule has 106 valence electrons. The SMILES string of the molecule is CC(C)Oc1cncc(N2CCCC2CCCBr)n1. The van der Waals surface area contributed by atoms with Crippen LogP contribution in [-0.4, -0.2) is 34.0 Å². The van der Waals surface area contributed by atoms with E-state index < -0.39 is 0 Å². The summed E-state index contributed by atoms with van der Waals surface area (Å²) in [5.41, 5.74) is 0. The van der Waals surface area contributed by atoms with Crippen molar-refractivity contribution in [3.05, 3.63) is 12.4 Å². The summed E-state index contributed by atoms with van der Waals surface area (Å²) in [5.74, 6) is 1.58. The van der Waals surface area contributed by atoms with Gasteiger partial charge in [0, 0.05) is 17.9 Å². The molecule has 0 N–H and O–H groups in total. The number of ether oxygens (including phenoxy) is 1. The topological polar surface area (TPSA) is 38.2 Å². The molecule has 1 fully saturated rings. The Morgan fingerprint density at radius 3 is 3.05 bits per heavy atom. The van der Waals surface area contributed by atoms with Gasteiger partial charge in [0.2, 0.25) is 5.88 Å². The molecule has 0 aliphatic carbocycles. The van der Waals surface area contributed by atoms with Gasteiger partial charge in [0.1, 0.15) is 0 Å². The Morgan fingerprint density at radius 1 is 1.47 bits per heavy atom. The highest BCUT2D eigenvalue weighted by Crippen LogP contribution is 2.27. The minimum Gasteiger partial charge on any atom is -0.474 e. The molecular formula is C14H22BrN3O. The van der Waals surface area contributed by atoms with Crippen molar-refractivity contribution < 1.29 is 4.74 Å². The third-order valence-corrected chi connectivity index (χ3v) is 3.86. The van der Waals surface area contributed by atoms with E-state index in [1.165, 1.54) is 25.7 Å². The maximum absolute atomic E-state index is 5.62. The van der Waals surface area contributed by atoms with Gasteiger partial charge < -0.3 is 9.64 Å². The fourth-order valence-electron chi connectivity index (χ4n) is 2.53. The molecule has 0 bridgehead atoms. The molecule has 1 aliphatic heterocycles. The molecule has 0 amide bonds. The first kappa shape index (κ1) is 14.6. The van der Waals surface area contributed by atoms with Gasteiger partial charge in [0.05, 0.1) is 18.5 Å². The number of rotatable bonds is 6. The molecule has 4 nitrogen and oxygen atoms in total.